The number of hydrogen-bond acceptors (Lipinski definition) is 6. The second-order valence-corrected chi connectivity index (χ2v) is 7.77. The van der Waals surface area contributed by atoms with Crippen LogP contribution in [0.25, 0.3) is 0 Å². The second-order valence-electron chi connectivity index (χ2n) is 5.84. The number of amides is 1. The summed E-state index contributed by atoms with van der Waals surface area (Å²) in [6.07, 6.45) is 2.57. The van der Waals surface area contributed by atoms with Crippen molar-refractivity contribution in [2.45, 2.75) is 26.8 Å². The van der Waals surface area contributed by atoms with Crippen LogP contribution in [-0.4, -0.2) is 81.8 Å². The highest BCUT2D eigenvalue weighted by Crippen LogP contribution is 2.13. The van der Waals surface area contributed by atoms with Gasteiger partial charge in [0.25, 0.3) is 10.2 Å². The Labute approximate surface area is 152 Å². The van der Waals surface area contributed by atoms with Crippen LogP contribution in [0.5, 0.6) is 0 Å². The molecule has 26 heavy (non-hydrogen) atoms. The largest absolute Gasteiger partial charge is 0.340 e. The molecular formula is C14H24N6O5S. The van der Waals surface area contributed by atoms with Crippen LogP contribution >= 0.6 is 0 Å². The Morgan fingerprint density at radius 2 is 1.88 bits per heavy atom. The number of nitro groups is 1. The van der Waals surface area contributed by atoms with Gasteiger partial charge in [-0.15, -0.1) is 0 Å². The van der Waals surface area contributed by atoms with E-state index in [1.807, 2.05) is 0 Å². The van der Waals surface area contributed by atoms with E-state index in [9.17, 15) is 23.3 Å². The third-order valence-corrected chi connectivity index (χ3v) is 6.52. The van der Waals surface area contributed by atoms with E-state index < -0.39 is 15.1 Å². The third kappa shape index (κ3) is 4.56. The van der Waals surface area contributed by atoms with E-state index >= 15 is 0 Å². The molecule has 1 saturated heterocycles. The highest BCUT2D eigenvalue weighted by atomic mass is 32.2. The molecule has 1 aliphatic rings. The van der Waals surface area contributed by atoms with Crippen molar-refractivity contribution in [2.75, 3.05) is 39.3 Å². The molecule has 1 aromatic rings. The van der Waals surface area contributed by atoms with E-state index in [1.165, 1.54) is 19.5 Å². The Morgan fingerprint density at radius 1 is 1.27 bits per heavy atom. The van der Waals surface area contributed by atoms with Crippen LogP contribution in [0, 0.1) is 10.1 Å². The fraction of sp³-hybridized carbons (Fsp3) is 0.714. The van der Waals surface area contributed by atoms with E-state index in [1.54, 1.807) is 18.7 Å². The molecule has 2 rings (SSSR count). The summed E-state index contributed by atoms with van der Waals surface area (Å²) < 4.78 is 29.1. The molecule has 12 heteroatoms. The van der Waals surface area contributed by atoms with Gasteiger partial charge in [0, 0.05) is 52.2 Å². The minimum Gasteiger partial charge on any atom is -0.340 e. The summed E-state index contributed by atoms with van der Waals surface area (Å²) in [5.41, 5.74) is -0.118. The van der Waals surface area contributed by atoms with Crippen LogP contribution in [-0.2, 0) is 21.5 Å². The van der Waals surface area contributed by atoms with E-state index in [2.05, 4.69) is 5.10 Å². The molecule has 0 bridgehead atoms. The fourth-order valence-corrected chi connectivity index (χ4v) is 4.42. The summed E-state index contributed by atoms with van der Waals surface area (Å²) in [7, 11) is -3.48. The van der Waals surface area contributed by atoms with Gasteiger partial charge in [-0.05, 0) is 0 Å². The summed E-state index contributed by atoms with van der Waals surface area (Å²) in [6, 6.07) is 0. The highest BCUT2D eigenvalue weighted by molar-refractivity contribution is 7.86. The zero-order chi connectivity index (χ0) is 19.3. The van der Waals surface area contributed by atoms with E-state index in [0.29, 0.717) is 26.2 Å². The minimum atomic E-state index is -3.48. The lowest BCUT2D eigenvalue weighted by Gasteiger charge is -2.36. The molecule has 0 spiro atoms. The van der Waals surface area contributed by atoms with Crippen molar-refractivity contribution < 1.29 is 18.1 Å². The van der Waals surface area contributed by atoms with Gasteiger partial charge in [-0.2, -0.15) is 22.1 Å². The summed E-state index contributed by atoms with van der Waals surface area (Å²) >= 11 is 0. The molecule has 1 aliphatic heterocycles. The Morgan fingerprint density at radius 3 is 2.38 bits per heavy atom. The summed E-state index contributed by atoms with van der Waals surface area (Å²) in [5, 5.41) is 14.5. The van der Waals surface area contributed by atoms with Crippen molar-refractivity contribution in [2.24, 2.45) is 0 Å². The predicted octanol–water partition coefficient (Wildman–Crippen LogP) is -0.0878. The standard InChI is InChI=1S/C14H24N6O5S/c1-3-18(4-2)26(24,25)19-9-7-16(8-10-19)14(21)5-6-17-12-13(11-15-17)20(22)23/h11-12H,3-10H2,1-2H3. The van der Waals surface area contributed by atoms with Crippen LogP contribution < -0.4 is 0 Å². The highest BCUT2D eigenvalue weighted by Gasteiger charge is 2.31. The van der Waals surface area contributed by atoms with Crippen molar-refractivity contribution in [1.29, 1.82) is 0 Å². The molecule has 0 N–H and O–H groups in total. The smallest absolute Gasteiger partial charge is 0.306 e. The van der Waals surface area contributed by atoms with Gasteiger partial charge in [0.2, 0.25) is 5.91 Å². The number of piperazine rings is 1. The van der Waals surface area contributed by atoms with Gasteiger partial charge >= 0.3 is 5.69 Å². The number of rotatable bonds is 8. The number of hydrogen-bond donors (Lipinski definition) is 0. The predicted molar refractivity (Wildman–Crippen MR) is 93.5 cm³/mol. The molecule has 0 atom stereocenters. The molecule has 1 amide bonds. The van der Waals surface area contributed by atoms with Gasteiger partial charge in [0.15, 0.2) is 0 Å². The quantitative estimate of drug-likeness (QED) is 0.453. The molecule has 1 aromatic heterocycles. The number of nitrogens with zero attached hydrogens (tertiary/aromatic N) is 6. The molecular weight excluding hydrogens is 364 g/mol. The summed E-state index contributed by atoms with van der Waals surface area (Å²) in [6.45, 7) is 5.83. The lowest BCUT2D eigenvalue weighted by atomic mass is 10.3. The zero-order valence-corrected chi connectivity index (χ0v) is 15.8. The second kappa shape index (κ2) is 8.56. The molecule has 11 nitrogen and oxygen atoms in total. The van der Waals surface area contributed by atoms with E-state index in [-0.39, 0.29) is 37.6 Å². The van der Waals surface area contributed by atoms with E-state index in [0.717, 1.165) is 6.20 Å². The fourth-order valence-electron chi connectivity index (χ4n) is 2.82. The molecule has 2 heterocycles. The Balaban J connectivity index is 1.85. The lowest BCUT2D eigenvalue weighted by Crippen LogP contribution is -2.54. The average Bonchev–Trinajstić information content (AvgIpc) is 3.10. The molecule has 146 valence electrons. The summed E-state index contributed by atoms with van der Waals surface area (Å²) in [4.78, 5) is 24.0. The van der Waals surface area contributed by atoms with Gasteiger partial charge in [-0.3, -0.25) is 19.6 Å². The lowest BCUT2D eigenvalue weighted by molar-refractivity contribution is -0.385. The van der Waals surface area contributed by atoms with Crippen molar-refractivity contribution in [3.63, 3.8) is 0 Å². The van der Waals surface area contributed by atoms with Crippen molar-refractivity contribution in [1.82, 2.24) is 23.3 Å². The van der Waals surface area contributed by atoms with Gasteiger partial charge in [-0.1, -0.05) is 13.8 Å². The maximum Gasteiger partial charge on any atom is 0.306 e. The topological polar surface area (TPSA) is 122 Å². The van der Waals surface area contributed by atoms with Gasteiger partial charge in [0.1, 0.15) is 12.4 Å². The molecule has 0 aliphatic carbocycles. The Kier molecular flexibility index (Phi) is 6.67. The SMILES string of the molecule is CCN(CC)S(=O)(=O)N1CCN(C(=O)CCn2cc([N+](=O)[O-])cn2)CC1. The Hall–Kier alpha value is -2.05. The van der Waals surface area contributed by atoms with Crippen LogP contribution in [0.15, 0.2) is 12.4 Å². The Bertz CT molecular complexity index is 737. The van der Waals surface area contributed by atoms with Gasteiger partial charge in [-0.25, -0.2) is 0 Å². The normalized spacial score (nSPS) is 16.2. The number of carbonyl (C=O) groups excluding carboxylic acids is 1. The maximum atomic E-state index is 12.5. The van der Waals surface area contributed by atoms with Crippen LogP contribution in [0.4, 0.5) is 5.69 Å². The van der Waals surface area contributed by atoms with Crippen LogP contribution in [0.1, 0.15) is 20.3 Å². The van der Waals surface area contributed by atoms with Crippen molar-refractivity contribution >= 4 is 21.8 Å². The van der Waals surface area contributed by atoms with Crippen molar-refractivity contribution in [3.8, 4) is 0 Å². The first-order valence-electron chi connectivity index (χ1n) is 8.49. The molecule has 0 saturated carbocycles. The summed E-state index contributed by atoms with van der Waals surface area (Å²) in [5.74, 6) is -0.122. The number of aromatic nitrogens is 2. The average molecular weight is 388 g/mol. The third-order valence-electron chi connectivity index (χ3n) is 4.33. The zero-order valence-electron chi connectivity index (χ0n) is 14.9. The molecule has 0 radical (unpaired) electrons. The molecule has 0 unspecified atom stereocenters. The first-order chi connectivity index (χ1) is 12.3. The van der Waals surface area contributed by atoms with Gasteiger partial charge < -0.3 is 4.90 Å². The maximum absolute atomic E-state index is 12.5. The minimum absolute atomic E-state index is 0.118. The number of aryl methyl sites for hydroxylation is 1. The number of carbonyl (C=O) groups is 1. The van der Waals surface area contributed by atoms with Crippen LogP contribution in [0.2, 0.25) is 0 Å². The van der Waals surface area contributed by atoms with Gasteiger partial charge in [0.05, 0.1) is 4.92 Å². The molecule has 1 fully saturated rings. The van der Waals surface area contributed by atoms with Crippen molar-refractivity contribution in [3.05, 3.63) is 22.5 Å². The van der Waals surface area contributed by atoms with Crippen LogP contribution in [0.3, 0.4) is 0 Å². The monoisotopic (exact) mass is 388 g/mol. The first-order valence-corrected chi connectivity index (χ1v) is 9.89. The first kappa shape index (κ1) is 20.3. The molecule has 0 aromatic carbocycles. The van der Waals surface area contributed by atoms with E-state index in [4.69, 9.17) is 0 Å².